The second-order valence-corrected chi connectivity index (χ2v) is 6.01. The van der Waals surface area contributed by atoms with Crippen LogP contribution in [-0.4, -0.2) is 27.8 Å². The minimum absolute atomic E-state index is 0.0655. The van der Waals surface area contributed by atoms with Crippen LogP contribution in [0.4, 0.5) is 11.7 Å². The zero-order valence-corrected chi connectivity index (χ0v) is 15.3. The second-order valence-electron chi connectivity index (χ2n) is 6.01. The van der Waals surface area contributed by atoms with E-state index in [1.807, 2.05) is 18.2 Å². The zero-order chi connectivity index (χ0) is 20.9. The van der Waals surface area contributed by atoms with E-state index in [1.54, 1.807) is 24.3 Å². The highest BCUT2D eigenvalue weighted by Gasteiger charge is 2.19. The lowest BCUT2D eigenvalue weighted by Crippen LogP contribution is -2.07. The number of para-hydroxylation sites is 1. The van der Waals surface area contributed by atoms with Crippen LogP contribution >= 0.6 is 0 Å². The van der Waals surface area contributed by atoms with Crippen LogP contribution in [0.3, 0.4) is 0 Å². The van der Waals surface area contributed by atoms with Crippen molar-refractivity contribution in [1.29, 1.82) is 0 Å². The number of carbonyl (C=O) groups excluding carboxylic acids is 1. The van der Waals surface area contributed by atoms with Crippen LogP contribution in [0, 0.1) is 10.1 Å². The number of benzene rings is 2. The maximum Gasteiger partial charge on any atom is 0.322 e. The number of anilines is 1. The number of nitrogens with one attached hydrogen (secondary N) is 1. The smallest absolute Gasteiger partial charge is 0.322 e. The molecule has 2 heterocycles. The van der Waals surface area contributed by atoms with E-state index >= 15 is 0 Å². The first-order valence-corrected chi connectivity index (χ1v) is 8.73. The number of hydrogen-bond acceptors (Lipinski definition) is 8. The highest BCUT2D eigenvalue weighted by molar-refractivity contribution is 5.98. The van der Waals surface area contributed by atoms with Crippen molar-refractivity contribution in [1.82, 2.24) is 10.2 Å². The van der Waals surface area contributed by atoms with Crippen molar-refractivity contribution in [2.24, 2.45) is 0 Å². The van der Waals surface area contributed by atoms with E-state index in [0.717, 1.165) is 5.56 Å². The summed E-state index contributed by atoms with van der Waals surface area (Å²) in [5.74, 6) is 0.805. The van der Waals surface area contributed by atoms with Gasteiger partial charge in [-0.15, -0.1) is 5.10 Å². The summed E-state index contributed by atoms with van der Waals surface area (Å²) < 4.78 is 15.9. The van der Waals surface area contributed by atoms with Crippen molar-refractivity contribution in [3.8, 4) is 23.0 Å². The Bertz CT molecular complexity index is 1170. The molecule has 4 rings (SSSR count). The van der Waals surface area contributed by atoms with E-state index in [4.69, 9.17) is 13.9 Å². The predicted molar refractivity (Wildman–Crippen MR) is 106 cm³/mol. The second kappa shape index (κ2) is 8.27. The third-order valence-electron chi connectivity index (χ3n) is 4.03. The summed E-state index contributed by atoms with van der Waals surface area (Å²) in [7, 11) is 0. The standard InChI is InChI=1S/C20H14N4O6/c25-18(8-4-1-5-13-9-10-16-17(11-13)29-12-28-16)21-20-23-22-19(30-20)14-6-2-3-7-15(14)24(26)27/h1-11H,12H2,(H,21,23,25)/b5-1+,8-4+. The predicted octanol–water partition coefficient (Wildman–Crippen LogP) is 3.58. The van der Waals surface area contributed by atoms with Crippen LogP contribution in [0.2, 0.25) is 0 Å². The highest BCUT2D eigenvalue weighted by atomic mass is 16.7. The quantitative estimate of drug-likeness (QED) is 0.285. The normalized spacial score (nSPS) is 12.5. The number of allylic oxidation sites excluding steroid dienone is 2. The van der Waals surface area contributed by atoms with Gasteiger partial charge in [0.05, 0.1) is 4.92 Å². The van der Waals surface area contributed by atoms with Crippen LogP contribution in [0.15, 0.2) is 65.1 Å². The van der Waals surface area contributed by atoms with Crippen molar-refractivity contribution < 1.29 is 23.6 Å². The summed E-state index contributed by atoms with van der Waals surface area (Å²) in [6.07, 6.45) is 6.30. The van der Waals surface area contributed by atoms with Crippen LogP contribution < -0.4 is 14.8 Å². The molecule has 0 bridgehead atoms. The van der Waals surface area contributed by atoms with Gasteiger partial charge < -0.3 is 13.9 Å². The van der Waals surface area contributed by atoms with Crippen molar-refractivity contribution in [3.05, 3.63) is 76.4 Å². The van der Waals surface area contributed by atoms with E-state index < -0.39 is 10.8 Å². The first-order valence-electron chi connectivity index (χ1n) is 8.73. The Morgan fingerprint density at radius 3 is 2.80 bits per heavy atom. The van der Waals surface area contributed by atoms with Crippen LogP contribution in [0.5, 0.6) is 11.5 Å². The number of nitrogens with zero attached hydrogens (tertiary/aromatic N) is 3. The Kier molecular flexibility index (Phi) is 5.20. The van der Waals surface area contributed by atoms with Crippen molar-refractivity contribution in [3.63, 3.8) is 0 Å². The number of amides is 1. The minimum atomic E-state index is -0.549. The molecule has 1 aliphatic heterocycles. The molecule has 0 unspecified atom stereocenters. The Labute approximate surface area is 169 Å². The lowest BCUT2D eigenvalue weighted by Gasteiger charge is -1.97. The van der Waals surface area contributed by atoms with Gasteiger partial charge in [-0.25, -0.2) is 0 Å². The molecule has 1 N–H and O–H groups in total. The van der Waals surface area contributed by atoms with E-state index in [1.165, 1.54) is 24.3 Å². The number of fused-ring (bicyclic) bond motifs is 1. The van der Waals surface area contributed by atoms with E-state index in [0.29, 0.717) is 11.5 Å². The van der Waals surface area contributed by atoms with Crippen molar-refractivity contribution in [2.45, 2.75) is 0 Å². The van der Waals surface area contributed by atoms with Gasteiger partial charge in [0, 0.05) is 12.1 Å². The molecule has 30 heavy (non-hydrogen) atoms. The SMILES string of the molecule is O=C(/C=C/C=C/c1ccc2c(c1)OCO2)Nc1nnc(-c2ccccc2[N+](=O)[O-])o1. The minimum Gasteiger partial charge on any atom is -0.454 e. The Morgan fingerprint density at radius 2 is 1.93 bits per heavy atom. The lowest BCUT2D eigenvalue weighted by molar-refractivity contribution is -0.384. The molecule has 2 aromatic carbocycles. The maximum absolute atomic E-state index is 12.0. The van der Waals surface area contributed by atoms with Crippen LogP contribution in [-0.2, 0) is 4.79 Å². The summed E-state index contributed by atoms with van der Waals surface area (Å²) in [5.41, 5.74) is 0.876. The summed E-state index contributed by atoms with van der Waals surface area (Å²) in [5, 5.41) is 21.0. The molecule has 10 heteroatoms. The van der Waals surface area contributed by atoms with Crippen molar-refractivity contribution >= 4 is 23.7 Å². The molecule has 0 saturated carbocycles. The molecule has 0 saturated heterocycles. The molecule has 150 valence electrons. The number of ether oxygens (including phenoxy) is 2. The number of carbonyl (C=O) groups is 1. The molecular weight excluding hydrogens is 392 g/mol. The maximum atomic E-state index is 12.0. The van der Waals surface area contributed by atoms with Gasteiger partial charge in [-0.1, -0.05) is 41.5 Å². The first kappa shape index (κ1) is 18.9. The van der Waals surface area contributed by atoms with Crippen LogP contribution in [0.1, 0.15) is 5.56 Å². The van der Waals surface area contributed by atoms with E-state index in [2.05, 4.69) is 15.5 Å². The Balaban J connectivity index is 1.37. The molecule has 0 atom stereocenters. The average Bonchev–Trinajstić information content (AvgIpc) is 3.40. The highest BCUT2D eigenvalue weighted by Crippen LogP contribution is 2.33. The lowest BCUT2D eigenvalue weighted by atomic mass is 10.2. The van der Waals surface area contributed by atoms with Crippen molar-refractivity contribution in [2.75, 3.05) is 12.1 Å². The van der Waals surface area contributed by atoms with E-state index in [9.17, 15) is 14.9 Å². The summed E-state index contributed by atoms with van der Waals surface area (Å²) in [6.45, 7) is 0.206. The fourth-order valence-electron chi connectivity index (χ4n) is 2.67. The molecule has 1 aliphatic rings. The number of nitro groups is 1. The average molecular weight is 406 g/mol. The number of rotatable bonds is 6. The molecule has 1 aromatic heterocycles. The third kappa shape index (κ3) is 4.17. The van der Waals surface area contributed by atoms with Gasteiger partial charge in [-0.2, -0.15) is 0 Å². The summed E-state index contributed by atoms with van der Waals surface area (Å²) >= 11 is 0. The monoisotopic (exact) mass is 406 g/mol. The third-order valence-corrected chi connectivity index (χ3v) is 4.03. The van der Waals surface area contributed by atoms with Gasteiger partial charge in [0.25, 0.3) is 17.5 Å². The number of hydrogen-bond donors (Lipinski definition) is 1. The van der Waals surface area contributed by atoms with Gasteiger partial charge in [-0.3, -0.25) is 20.2 Å². The molecular formula is C20H14N4O6. The van der Waals surface area contributed by atoms with Gasteiger partial charge in [0.15, 0.2) is 11.5 Å². The fraction of sp³-hybridized carbons (Fsp3) is 0.0500. The Hall–Kier alpha value is -4.47. The number of aromatic nitrogens is 2. The molecule has 0 spiro atoms. The summed E-state index contributed by atoms with van der Waals surface area (Å²) in [4.78, 5) is 22.5. The molecule has 0 radical (unpaired) electrons. The fourth-order valence-corrected chi connectivity index (χ4v) is 2.67. The molecule has 0 aliphatic carbocycles. The van der Waals surface area contributed by atoms with Gasteiger partial charge in [0.1, 0.15) is 5.56 Å². The molecule has 0 fully saturated rings. The van der Waals surface area contributed by atoms with Crippen LogP contribution in [0.25, 0.3) is 17.5 Å². The Morgan fingerprint density at radius 1 is 1.10 bits per heavy atom. The van der Waals surface area contributed by atoms with Gasteiger partial charge in [-0.05, 0) is 23.8 Å². The molecule has 10 nitrogen and oxygen atoms in total. The molecule has 3 aromatic rings. The largest absolute Gasteiger partial charge is 0.454 e. The van der Waals surface area contributed by atoms with E-state index in [-0.39, 0.29) is 29.9 Å². The topological polar surface area (TPSA) is 130 Å². The van der Waals surface area contributed by atoms with Gasteiger partial charge >= 0.3 is 6.01 Å². The summed E-state index contributed by atoms with van der Waals surface area (Å²) in [6, 6.07) is 11.3. The zero-order valence-electron chi connectivity index (χ0n) is 15.3. The first-order chi connectivity index (χ1) is 14.6. The molecule has 1 amide bonds. The number of nitro benzene ring substituents is 1. The van der Waals surface area contributed by atoms with Gasteiger partial charge in [0.2, 0.25) is 6.79 Å².